The Kier molecular flexibility index (Phi) is 8.04. The zero-order valence-corrected chi connectivity index (χ0v) is 21.8. The van der Waals surface area contributed by atoms with E-state index < -0.39 is 6.67 Å². The molecular formula is C31H34FN3O3. The maximum atomic E-state index is 13.0. The maximum Gasteiger partial charge on any atom is 0.204 e. The lowest BCUT2D eigenvalue weighted by Gasteiger charge is -2.55. The van der Waals surface area contributed by atoms with Crippen molar-refractivity contribution < 1.29 is 19.0 Å². The number of alkyl halides is 1. The highest BCUT2D eigenvalue weighted by Crippen LogP contribution is 2.38. The second kappa shape index (κ2) is 11.6. The van der Waals surface area contributed by atoms with Crippen LogP contribution in [0.2, 0.25) is 0 Å². The van der Waals surface area contributed by atoms with Gasteiger partial charge in [-0.25, -0.2) is 4.39 Å². The highest BCUT2D eigenvalue weighted by atomic mass is 19.1. The maximum absolute atomic E-state index is 13.0. The third-order valence-corrected chi connectivity index (χ3v) is 7.47. The van der Waals surface area contributed by atoms with Gasteiger partial charge >= 0.3 is 0 Å². The number of aliphatic imine (C=N–C) groups is 1. The molecule has 2 saturated heterocycles. The van der Waals surface area contributed by atoms with Crippen molar-refractivity contribution in [1.29, 1.82) is 0 Å². The molecule has 0 amide bonds. The van der Waals surface area contributed by atoms with Gasteiger partial charge in [0.1, 0.15) is 6.67 Å². The van der Waals surface area contributed by atoms with Crippen molar-refractivity contribution in [3.63, 3.8) is 0 Å². The number of ether oxygens (including phenoxy) is 1. The predicted octanol–water partition coefficient (Wildman–Crippen LogP) is 4.15. The number of benzene rings is 2. The molecule has 7 heteroatoms. The molecule has 2 fully saturated rings. The average Bonchev–Trinajstić information content (AvgIpc) is 2.89. The van der Waals surface area contributed by atoms with Gasteiger partial charge in [0.05, 0.1) is 18.9 Å². The number of nitrogens with one attached hydrogen (secondary N) is 1. The summed E-state index contributed by atoms with van der Waals surface area (Å²) in [5, 5.41) is 13.4. The topological polar surface area (TPSA) is 74.2 Å². The Hall–Kier alpha value is -3.31. The van der Waals surface area contributed by atoms with Crippen LogP contribution in [-0.2, 0) is 16.1 Å². The van der Waals surface area contributed by atoms with Crippen molar-refractivity contribution in [2.24, 2.45) is 10.4 Å². The molecular weight excluding hydrogens is 481 g/mol. The number of nitrogens with zero attached hydrogens (tertiary/aromatic N) is 2. The minimum atomic E-state index is -0.471. The van der Waals surface area contributed by atoms with Crippen molar-refractivity contribution in [2.45, 2.75) is 38.3 Å². The molecule has 38 heavy (non-hydrogen) atoms. The number of hydrogen-bond acceptors (Lipinski definition) is 6. The second-order valence-corrected chi connectivity index (χ2v) is 10.8. The summed E-state index contributed by atoms with van der Waals surface area (Å²) in [5.41, 5.74) is 4.97. The quantitative estimate of drug-likeness (QED) is 0.491. The second-order valence-electron chi connectivity index (χ2n) is 10.8. The van der Waals surface area contributed by atoms with E-state index >= 15 is 0 Å². The van der Waals surface area contributed by atoms with E-state index in [1.807, 2.05) is 24.3 Å². The van der Waals surface area contributed by atoms with Crippen LogP contribution < -0.4 is 5.32 Å². The molecule has 6 nitrogen and oxygen atoms in total. The number of carbonyl (C=O) groups is 1. The van der Waals surface area contributed by atoms with Gasteiger partial charge in [0.25, 0.3) is 0 Å². The summed E-state index contributed by atoms with van der Waals surface area (Å²) in [5.74, 6) is 5.79. The Labute approximate surface area is 223 Å². The molecule has 5 rings (SSSR count). The van der Waals surface area contributed by atoms with Crippen molar-refractivity contribution >= 4 is 12.0 Å². The van der Waals surface area contributed by atoms with Gasteiger partial charge in [0.15, 0.2) is 5.76 Å². The fourth-order valence-electron chi connectivity index (χ4n) is 5.17. The van der Waals surface area contributed by atoms with E-state index in [1.165, 1.54) is 11.8 Å². The fraction of sp³-hybridized carbons (Fsp3) is 0.419. The molecule has 3 heterocycles. The highest BCUT2D eigenvalue weighted by Gasteiger charge is 2.48. The van der Waals surface area contributed by atoms with E-state index in [1.54, 1.807) is 6.92 Å². The standard InChI is InChI=1S/C31H34FN3O3/c1-22(15-32)34-16-27(14-28-30(37)29(36)12-13-33-28)26-10-8-24(9-11-26)3-2-23-4-6-25(7-5-23)17-35-18-31(19-35)20-38-21-31/h4-11,13,22,27,34,37H,12,14-21H2,1H3/t22-,27?/m0/s1. The monoisotopic (exact) mass is 515 g/mol. The summed E-state index contributed by atoms with van der Waals surface area (Å²) >= 11 is 0. The number of halogens is 1. The molecule has 0 radical (unpaired) electrons. The molecule has 2 atom stereocenters. The van der Waals surface area contributed by atoms with Gasteiger partial charge in [0.2, 0.25) is 5.78 Å². The van der Waals surface area contributed by atoms with Crippen LogP contribution in [0.25, 0.3) is 0 Å². The molecule has 2 N–H and O–H groups in total. The van der Waals surface area contributed by atoms with E-state index in [-0.39, 0.29) is 29.9 Å². The van der Waals surface area contributed by atoms with Crippen molar-refractivity contribution in [3.8, 4) is 11.8 Å². The van der Waals surface area contributed by atoms with Crippen LogP contribution in [0.3, 0.4) is 0 Å². The summed E-state index contributed by atoms with van der Waals surface area (Å²) in [6, 6.07) is 16.1. The van der Waals surface area contributed by atoms with Crippen molar-refractivity contribution in [1.82, 2.24) is 10.2 Å². The van der Waals surface area contributed by atoms with E-state index in [0.29, 0.717) is 24.1 Å². The summed E-state index contributed by atoms with van der Waals surface area (Å²) in [6.45, 7) is 6.84. The number of allylic oxidation sites excluding steroid dienone is 2. The summed E-state index contributed by atoms with van der Waals surface area (Å²) in [4.78, 5) is 18.6. The Balaban J connectivity index is 1.21. The van der Waals surface area contributed by atoms with Gasteiger partial charge in [-0.05, 0) is 42.3 Å². The van der Waals surface area contributed by atoms with Crippen LogP contribution in [0.4, 0.5) is 4.39 Å². The SMILES string of the molecule is C[C@@H](CF)NCC(CC1=C(O)C(=O)CC=N1)c1ccc(C#Cc2ccc(CN3CC4(COC4)C3)cc2)cc1. The van der Waals surface area contributed by atoms with Gasteiger partial charge < -0.3 is 15.2 Å². The highest BCUT2D eigenvalue weighted by molar-refractivity contribution is 6.03. The van der Waals surface area contributed by atoms with Crippen LogP contribution in [0, 0.1) is 17.3 Å². The van der Waals surface area contributed by atoms with Crippen LogP contribution in [0.5, 0.6) is 0 Å². The van der Waals surface area contributed by atoms with E-state index in [4.69, 9.17) is 4.74 Å². The number of aliphatic hydroxyl groups excluding tert-OH is 1. The Bertz CT molecular complexity index is 1260. The normalized spacial score (nSPS) is 19.9. The molecule has 2 aromatic carbocycles. The number of ketones is 1. The molecule has 3 aliphatic heterocycles. The van der Waals surface area contributed by atoms with Gasteiger partial charge in [-0.1, -0.05) is 36.1 Å². The van der Waals surface area contributed by atoms with E-state index in [0.717, 1.165) is 49.5 Å². The third kappa shape index (κ3) is 6.21. The molecule has 2 aromatic rings. The lowest BCUT2D eigenvalue weighted by atomic mass is 9.78. The van der Waals surface area contributed by atoms with Crippen LogP contribution in [0.15, 0.2) is 65.0 Å². The number of carbonyl (C=O) groups excluding carboxylic acids is 1. The first-order chi connectivity index (χ1) is 18.4. The zero-order chi connectivity index (χ0) is 26.5. The van der Waals surface area contributed by atoms with Crippen molar-refractivity contribution in [3.05, 3.63) is 82.2 Å². The van der Waals surface area contributed by atoms with E-state index in [2.05, 4.69) is 51.3 Å². The summed E-state index contributed by atoms with van der Waals surface area (Å²) < 4.78 is 18.4. The van der Waals surface area contributed by atoms with Crippen molar-refractivity contribution in [2.75, 3.05) is 39.5 Å². The van der Waals surface area contributed by atoms with E-state index in [9.17, 15) is 14.3 Å². The molecule has 1 unspecified atom stereocenters. The Morgan fingerprint density at radius 1 is 1.11 bits per heavy atom. The summed E-state index contributed by atoms with van der Waals surface area (Å²) in [7, 11) is 0. The van der Waals surface area contributed by atoms with Crippen LogP contribution >= 0.6 is 0 Å². The zero-order valence-electron chi connectivity index (χ0n) is 21.8. The van der Waals surface area contributed by atoms with Crippen LogP contribution in [-0.4, -0.2) is 67.6 Å². The number of Topliss-reactive ketones (excluding diaryl/α,β-unsaturated/α-hetero) is 1. The number of rotatable bonds is 9. The third-order valence-electron chi connectivity index (χ3n) is 7.47. The molecule has 0 aliphatic carbocycles. The molecule has 1 spiro atoms. The molecule has 198 valence electrons. The number of aliphatic hydroxyl groups is 1. The average molecular weight is 516 g/mol. The molecule has 3 aliphatic rings. The van der Waals surface area contributed by atoms with Gasteiger partial charge in [-0.2, -0.15) is 0 Å². The molecule has 0 bridgehead atoms. The lowest BCUT2D eigenvalue weighted by Crippen LogP contribution is -2.65. The summed E-state index contributed by atoms with van der Waals surface area (Å²) in [6.07, 6.45) is 2.02. The van der Waals surface area contributed by atoms with Crippen LogP contribution in [0.1, 0.15) is 47.9 Å². The first-order valence-corrected chi connectivity index (χ1v) is 13.2. The number of likely N-dealkylation sites (tertiary alicyclic amines) is 1. The molecule has 0 saturated carbocycles. The minimum absolute atomic E-state index is 0.0862. The smallest absolute Gasteiger partial charge is 0.204 e. The largest absolute Gasteiger partial charge is 0.503 e. The molecule has 0 aromatic heterocycles. The van der Waals surface area contributed by atoms with Gasteiger partial charge in [-0.3, -0.25) is 14.7 Å². The van der Waals surface area contributed by atoms with Gasteiger partial charge in [0, 0.05) is 73.7 Å². The van der Waals surface area contributed by atoms with Gasteiger partial charge in [-0.15, -0.1) is 0 Å². The lowest BCUT2D eigenvalue weighted by molar-refractivity contribution is -0.191. The fourth-order valence-corrected chi connectivity index (χ4v) is 5.17. The Morgan fingerprint density at radius 2 is 1.76 bits per heavy atom. The number of hydrogen-bond donors (Lipinski definition) is 2. The first kappa shape index (κ1) is 26.3. The predicted molar refractivity (Wildman–Crippen MR) is 146 cm³/mol. The first-order valence-electron chi connectivity index (χ1n) is 13.2. The minimum Gasteiger partial charge on any atom is -0.503 e. The Morgan fingerprint density at radius 3 is 2.37 bits per heavy atom.